The molecule has 0 saturated carbocycles. The summed E-state index contributed by atoms with van der Waals surface area (Å²) in [6, 6.07) is 6.42. The van der Waals surface area contributed by atoms with Crippen molar-refractivity contribution in [1.82, 2.24) is 9.97 Å². The summed E-state index contributed by atoms with van der Waals surface area (Å²) in [4.78, 5) is 32.1. The van der Waals surface area contributed by atoms with Crippen LogP contribution in [0, 0.1) is 16.0 Å². The van der Waals surface area contributed by atoms with Gasteiger partial charge in [-0.1, -0.05) is 0 Å². The zero-order chi connectivity index (χ0) is 19.4. The van der Waals surface area contributed by atoms with E-state index >= 15 is 0 Å². The minimum absolute atomic E-state index is 0.0344. The second-order valence-electron chi connectivity index (χ2n) is 6.36. The van der Waals surface area contributed by atoms with Crippen molar-refractivity contribution >= 4 is 29.0 Å². The fourth-order valence-electron chi connectivity index (χ4n) is 3.04. The summed E-state index contributed by atoms with van der Waals surface area (Å²) in [5, 5.41) is 23.7. The van der Waals surface area contributed by atoms with Gasteiger partial charge in [-0.25, -0.2) is 4.98 Å². The van der Waals surface area contributed by atoms with Crippen molar-refractivity contribution < 1.29 is 14.8 Å². The predicted octanol–water partition coefficient (Wildman–Crippen LogP) is 1.44. The predicted molar refractivity (Wildman–Crippen MR) is 99.0 cm³/mol. The van der Waals surface area contributed by atoms with Crippen LogP contribution < -0.4 is 16.0 Å². The highest BCUT2D eigenvalue weighted by Gasteiger charge is 2.27. The summed E-state index contributed by atoms with van der Waals surface area (Å²) in [6.07, 6.45) is 2.87. The number of nitrogens with one attached hydrogen (secondary N) is 1. The van der Waals surface area contributed by atoms with E-state index in [-0.39, 0.29) is 30.0 Å². The summed E-state index contributed by atoms with van der Waals surface area (Å²) in [5.41, 5.74) is 6.02. The standard InChI is InChI=1S/C17H20N6O4/c18-15(25)12-3-5-13(6-4-12)20-17-19-8-14(23(26)27)16(21-17)22-7-1-2-11(9-22)10-24/h3-6,8,11,24H,1-2,7,9-10H2,(H2,18,25)(H,19,20,21). The Morgan fingerprint density at radius 2 is 2.15 bits per heavy atom. The normalized spacial score (nSPS) is 16.8. The SMILES string of the molecule is NC(=O)c1ccc(Nc2ncc([N+](=O)[O-])c(N3CCCC(CO)C3)n2)cc1. The molecule has 10 heteroatoms. The first-order valence-corrected chi connectivity index (χ1v) is 8.52. The molecule has 1 aromatic carbocycles. The maximum Gasteiger partial charge on any atom is 0.329 e. The molecule has 27 heavy (non-hydrogen) atoms. The Balaban J connectivity index is 1.86. The van der Waals surface area contributed by atoms with Crippen LogP contribution in [0.3, 0.4) is 0 Å². The Kier molecular flexibility index (Phi) is 5.46. The van der Waals surface area contributed by atoms with Crippen molar-refractivity contribution in [3.63, 3.8) is 0 Å². The van der Waals surface area contributed by atoms with E-state index in [0.717, 1.165) is 12.8 Å². The van der Waals surface area contributed by atoms with E-state index in [1.54, 1.807) is 24.3 Å². The second-order valence-corrected chi connectivity index (χ2v) is 6.36. The van der Waals surface area contributed by atoms with Crippen LogP contribution in [-0.4, -0.2) is 45.6 Å². The number of carbonyl (C=O) groups is 1. The molecule has 2 aromatic rings. The van der Waals surface area contributed by atoms with Crippen LogP contribution in [-0.2, 0) is 0 Å². The van der Waals surface area contributed by atoms with Crippen molar-refractivity contribution in [3.05, 3.63) is 46.1 Å². The molecule has 1 atom stereocenters. The summed E-state index contributed by atoms with van der Waals surface area (Å²) in [7, 11) is 0. The first-order chi connectivity index (χ1) is 13.0. The summed E-state index contributed by atoms with van der Waals surface area (Å²) >= 11 is 0. The molecule has 1 aliphatic heterocycles. The van der Waals surface area contributed by atoms with E-state index in [4.69, 9.17) is 5.73 Å². The van der Waals surface area contributed by atoms with Crippen molar-refractivity contribution in [3.8, 4) is 0 Å². The van der Waals surface area contributed by atoms with Gasteiger partial charge >= 0.3 is 5.69 Å². The Bertz CT molecular complexity index is 842. The summed E-state index contributed by atoms with van der Waals surface area (Å²) in [6.45, 7) is 1.16. The molecule has 1 unspecified atom stereocenters. The van der Waals surface area contributed by atoms with Gasteiger partial charge in [0.1, 0.15) is 6.20 Å². The maximum atomic E-state index is 11.4. The molecular formula is C17H20N6O4. The number of nitrogens with two attached hydrogens (primary N) is 1. The topological polar surface area (TPSA) is 148 Å². The fraction of sp³-hybridized carbons (Fsp3) is 0.353. The smallest absolute Gasteiger partial charge is 0.329 e. The monoisotopic (exact) mass is 372 g/mol. The molecule has 0 radical (unpaired) electrons. The molecule has 0 aliphatic carbocycles. The van der Waals surface area contributed by atoms with Crippen molar-refractivity contribution in [2.24, 2.45) is 11.7 Å². The molecular weight excluding hydrogens is 352 g/mol. The minimum atomic E-state index is -0.529. The maximum absolute atomic E-state index is 11.4. The summed E-state index contributed by atoms with van der Waals surface area (Å²) < 4.78 is 0. The highest BCUT2D eigenvalue weighted by molar-refractivity contribution is 5.93. The molecule has 10 nitrogen and oxygen atoms in total. The Hall–Kier alpha value is -3.27. The number of hydrogen-bond donors (Lipinski definition) is 3. The van der Waals surface area contributed by atoms with Crippen LogP contribution >= 0.6 is 0 Å². The number of nitrogens with zero attached hydrogens (tertiary/aromatic N) is 4. The number of carbonyl (C=O) groups excluding carboxylic acids is 1. The molecule has 0 spiro atoms. The quantitative estimate of drug-likeness (QED) is 0.509. The largest absolute Gasteiger partial charge is 0.396 e. The molecule has 142 valence electrons. The van der Waals surface area contributed by atoms with Gasteiger partial charge in [-0.3, -0.25) is 14.9 Å². The zero-order valence-corrected chi connectivity index (χ0v) is 14.5. The van der Waals surface area contributed by atoms with Crippen LogP contribution in [0.25, 0.3) is 0 Å². The Morgan fingerprint density at radius 3 is 2.78 bits per heavy atom. The van der Waals surface area contributed by atoms with Gasteiger partial charge in [0.25, 0.3) is 0 Å². The van der Waals surface area contributed by atoms with Crippen LogP contribution in [0.4, 0.5) is 23.1 Å². The van der Waals surface area contributed by atoms with Gasteiger partial charge in [0.05, 0.1) is 4.92 Å². The molecule has 0 bridgehead atoms. The number of anilines is 3. The van der Waals surface area contributed by atoms with E-state index in [1.807, 2.05) is 4.90 Å². The average molecular weight is 372 g/mol. The highest BCUT2D eigenvalue weighted by Crippen LogP contribution is 2.30. The van der Waals surface area contributed by atoms with E-state index in [1.165, 1.54) is 6.20 Å². The number of primary amides is 1. The van der Waals surface area contributed by atoms with Crippen molar-refractivity contribution in [2.45, 2.75) is 12.8 Å². The van der Waals surface area contributed by atoms with E-state index in [9.17, 15) is 20.0 Å². The van der Waals surface area contributed by atoms with E-state index in [2.05, 4.69) is 15.3 Å². The van der Waals surface area contributed by atoms with E-state index < -0.39 is 10.8 Å². The molecule has 1 amide bonds. The number of aliphatic hydroxyl groups is 1. The summed E-state index contributed by atoms with van der Waals surface area (Å²) in [5.74, 6) is -0.0389. The number of aromatic nitrogens is 2. The van der Waals surface area contributed by atoms with Crippen LogP contribution in [0.5, 0.6) is 0 Å². The first kappa shape index (κ1) is 18.5. The number of rotatable bonds is 6. The molecule has 3 rings (SSSR count). The minimum Gasteiger partial charge on any atom is -0.396 e. The zero-order valence-electron chi connectivity index (χ0n) is 14.5. The number of aliphatic hydroxyl groups excluding tert-OH is 1. The lowest BCUT2D eigenvalue weighted by atomic mass is 9.99. The molecule has 1 fully saturated rings. The van der Waals surface area contributed by atoms with Crippen molar-refractivity contribution in [1.29, 1.82) is 0 Å². The van der Waals surface area contributed by atoms with Gasteiger partial charge in [-0.2, -0.15) is 4.98 Å². The molecule has 2 heterocycles. The lowest BCUT2D eigenvalue weighted by molar-refractivity contribution is -0.384. The van der Waals surface area contributed by atoms with Crippen LogP contribution in [0.15, 0.2) is 30.5 Å². The van der Waals surface area contributed by atoms with Crippen molar-refractivity contribution in [2.75, 3.05) is 29.9 Å². The van der Waals surface area contributed by atoms with Crippen LogP contribution in [0.1, 0.15) is 23.2 Å². The Morgan fingerprint density at radius 1 is 1.41 bits per heavy atom. The van der Waals surface area contributed by atoms with Gasteiger partial charge in [-0.15, -0.1) is 0 Å². The highest BCUT2D eigenvalue weighted by atomic mass is 16.6. The Labute approximate surface area is 155 Å². The van der Waals surface area contributed by atoms with Crippen LogP contribution in [0.2, 0.25) is 0 Å². The van der Waals surface area contributed by atoms with E-state index in [0.29, 0.717) is 24.3 Å². The van der Waals surface area contributed by atoms with Gasteiger partial charge in [0.2, 0.25) is 17.7 Å². The van der Waals surface area contributed by atoms with Gasteiger partial charge in [0, 0.05) is 30.9 Å². The lowest BCUT2D eigenvalue weighted by Crippen LogP contribution is -2.37. The molecule has 1 saturated heterocycles. The van der Waals surface area contributed by atoms with Gasteiger partial charge < -0.3 is 21.1 Å². The average Bonchev–Trinajstić information content (AvgIpc) is 2.68. The number of hydrogen-bond acceptors (Lipinski definition) is 8. The second kappa shape index (κ2) is 7.96. The number of piperidine rings is 1. The molecule has 4 N–H and O–H groups in total. The number of amides is 1. The third kappa shape index (κ3) is 4.29. The third-order valence-corrected chi connectivity index (χ3v) is 4.45. The number of benzene rings is 1. The molecule has 1 aliphatic rings. The fourth-order valence-corrected chi connectivity index (χ4v) is 3.04. The third-order valence-electron chi connectivity index (χ3n) is 4.45. The first-order valence-electron chi connectivity index (χ1n) is 8.52. The van der Waals surface area contributed by atoms with Gasteiger partial charge in [-0.05, 0) is 43.0 Å². The lowest BCUT2D eigenvalue weighted by Gasteiger charge is -2.32. The van der Waals surface area contributed by atoms with Gasteiger partial charge in [0.15, 0.2) is 0 Å². The molecule has 1 aromatic heterocycles. The number of nitro groups is 1.